The predicted molar refractivity (Wildman–Crippen MR) is 119 cm³/mol. The van der Waals surface area contributed by atoms with Crippen molar-refractivity contribution in [3.8, 4) is 5.75 Å². The van der Waals surface area contributed by atoms with E-state index >= 15 is 0 Å². The van der Waals surface area contributed by atoms with Crippen molar-refractivity contribution in [2.45, 2.75) is 37.8 Å². The molecule has 162 valence electrons. The molecule has 1 amide bonds. The van der Waals surface area contributed by atoms with E-state index in [0.29, 0.717) is 29.9 Å². The van der Waals surface area contributed by atoms with Gasteiger partial charge in [0, 0.05) is 25.7 Å². The monoisotopic (exact) mass is 439 g/mol. The minimum absolute atomic E-state index is 0.00354. The first-order valence-electron chi connectivity index (χ1n) is 10.9. The van der Waals surface area contributed by atoms with Crippen molar-refractivity contribution in [1.82, 2.24) is 14.5 Å². The number of fused-ring (bicyclic) bond motifs is 1. The van der Waals surface area contributed by atoms with Crippen LogP contribution in [0.3, 0.4) is 0 Å². The van der Waals surface area contributed by atoms with E-state index in [9.17, 15) is 4.79 Å². The molecule has 2 saturated heterocycles. The summed E-state index contributed by atoms with van der Waals surface area (Å²) < 4.78 is 14.0. The number of rotatable bonds is 5. The maximum atomic E-state index is 12.7. The van der Waals surface area contributed by atoms with E-state index in [0.717, 1.165) is 49.1 Å². The lowest BCUT2D eigenvalue weighted by atomic mass is 10.0. The molecular weight excluding hydrogens is 414 g/mol. The number of benzene rings is 2. The molecule has 2 aliphatic rings. The molecular formula is C24H26ClN3O3. The lowest BCUT2D eigenvalue weighted by Crippen LogP contribution is -2.41. The number of carbonyl (C=O) groups is 1. The van der Waals surface area contributed by atoms with Gasteiger partial charge in [0.05, 0.1) is 16.1 Å². The fourth-order valence-corrected chi connectivity index (χ4v) is 4.81. The van der Waals surface area contributed by atoms with Gasteiger partial charge in [-0.1, -0.05) is 35.9 Å². The highest BCUT2D eigenvalue weighted by atomic mass is 35.5. The van der Waals surface area contributed by atoms with Gasteiger partial charge in [-0.05, 0) is 49.9 Å². The van der Waals surface area contributed by atoms with Gasteiger partial charge in [0.1, 0.15) is 17.7 Å². The molecule has 3 aromatic rings. The van der Waals surface area contributed by atoms with E-state index in [2.05, 4.69) is 22.8 Å². The molecule has 0 bridgehead atoms. The van der Waals surface area contributed by atoms with Crippen molar-refractivity contribution >= 4 is 28.5 Å². The first-order chi connectivity index (χ1) is 15.2. The van der Waals surface area contributed by atoms with Gasteiger partial charge in [0.25, 0.3) is 5.91 Å². The van der Waals surface area contributed by atoms with Crippen molar-refractivity contribution in [2.24, 2.45) is 0 Å². The van der Waals surface area contributed by atoms with Gasteiger partial charge in [-0.3, -0.25) is 4.79 Å². The number of para-hydroxylation sites is 3. The van der Waals surface area contributed by atoms with E-state index in [1.807, 2.05) is 23.1 Å². The summed E-state index contributed by atoms with van der Waals surface area (Å²) in [4.78, 5) is 19.5. The molecule has 0 unspecified atom stereocenters. The molecule has 6 nitrogen and oxygen atoms in total. The zero-order chi connectivity index (χ0) is 21.2. The number of imidazole rings is 1. The highest BCUT2D eigenvalue weighted by Crippen LogP contribution is 2.35. The van der Waals surface area contributed by atoms with E-state index < -0.39 is 0 Å². The Labute approximate surface area is 186 Å². The van der Waals surface area contributed by atoms with Gasteiger partial charge in [-0.2, -0.15) is 0 Å². The highest BCUT2D eigenvalue weighted by Gasteiger charge is 2.30. The van der Waals surface area contributed by atoms with Gasteiger partial charge in [0.15, 0.2) is 6.61 Å². The number of hydrogen-bond acceptors (Lipinski definition) is 4. The summed E-state index contributed by atoms with van der Waals surface area (Å²) in [5.74, 6) is 1.57. The Morgan fingerprint density at radius 2 is 1.87 bits per heavy atom. The Bertz CT molecular complexity index is 1070. The molecule has 5 rings (SSSR count). The van der Waals surface area contributed by atoms with E-state index in [1.165, 1.54) is 0 Å². The fourth-order valence-electron chi connectivity index (χ4n) is 4.62. The van der Waals surface area contributed by atoms with Crippen molar-refractivity contribution in [1.29, 1.82) is 0 Å². The van der Waals surface area contributed by atoms with Crippen LogP contribution < -0.4 is 4.74 Å². The Morgan fingerprint density at radius 3 is 2.65 bits per heavy atom. The molecule has 31 heavy (non-hydrogen) atoms. The van der Waals surface area contributed by atoms with Crippen molar-refractivity contribution in [3.05, 3.63) is 59.4 Å². The Kier molecular flexibility index (Phi) is 5.83. The summed E-state index contributed by atoms with van der Waals surface area (Å²) in [5.41, 5.74) is 2.17. The molecule has 7 heteroatoms. The van der Waals surface area contributed by atoms with Crippen molar-refractivity contribution in [3.63, 3.8) is 0 Å². The minimum atomic E-state index is -0.00629. The Hall–Kier alpha value is -2.57. The third-order valence-electron chi connectivity index (χ3n) is 6.21. The van der Waals surface area contributed by atoms with Crippen LogP contribution in [0.15, 0.2) is 48.5 Å². The quantitative estimate of drug-likeness (QED) is 0.573. The van der Waals surface area contributed by atoms with Crippen LogP contribution >= 0.6 is 11.6 Å². The summed E-state index contributed by atoms with van der Waals surface area (Å²) in [6.07, 6.45) is 3.93. The fraction of sp³-hybridized carbons (Fsp3) is 0.417. The lowest BCUT2D eigenvalue weighted by Gasteiger charge is -2.34. The van der Waals surface area contributed by atoms with Gasteiger partial charge in [0.2, 0.25) is 0 Å². The van der Waals surface area contributed by atoms with Crippen LogP contribution in [0.4, 0.5) is 0 Å². The van der Waals surface area contributed by atoms with Gasteiger partial charge in [-0.25, -0.2) is 4.98 Å². The number of hydrogen-bond donors (Lipinski definition) is 0. The second-order valence-electron chi connectivity index (χ2n) is 8.16. The van der Waals surface area contributed by atoms with Gasteiger partial charge in [-0.15, -0.1) is 0 Å². The first kappa shape index (κ1) is 20.3. The SMILES string of the molecule is O=C(COc1ccccc1Cl)N1CCC(n2c([C@@H]3CCCO3)nc3ccccc32)CC1. The molecule has 3 heterocycles. The third kappa shape index (κ3) is 4.14. The molecule has 2 aromatic carbocycles. The third-order valence-corrected chi connectivity index (χ3v) is 6.52. The largest absolute Gasteiger partial charge is 0.482 e. The van der Waals surface area contributed by atoms with Crippen LogP contribution in [0.2, 0.25) is 5.02 Å². The lowest BCUT2D eigenvalue weighted by molar-refractivity contribution is -0.134. The van der Waals surface area contributed by atoms with Crippen LogP contribution in [0.1, 0.15) is 43.7 Å². The van der Waals surface area contributed by atoms with Gasteiger partial charge >= 0.3 is 0 Å². The number of ether oxygens (including phenoxy) is 2. The second-order valence-corrected chi connectivity index (χ2v) is 8.57. The summed E-state index contributed by atoms with van der Waals surface area (Å²) >= 11 is 6.12. The van der Waals surface area contributed by atoms with Crippen LogP contribution in [-0.4, -0.2) is 46.7 Å². The molecule has 1 aromatic heterocycles. The van der Waals surface area contributed by atoms with E-state index in [4.69, 9.17) is 26.1 Å². The number of piperidine rings is 1. The zero-order valence-corrected chi connectivity index (χ0v) is 18.1. The maximum absolute atomic E-state index is 12.7. The number of amides is 1. The predicted octanol–water partition coefficient (Wildman–Crippen LogP) is 4.78. The van der Waals surface area contributed by atoms with Crippen LogP contribution in [-0.2, 0) is 9.53 Å². The standard InChI is InChI=1S/C24H26ClN3O3/c25-18-6-1-4-9-21(18)31-16-23(29)27-13-11-17(12-14-27)28-20-8-3-2-7-19(20)26-24(28)22-10-5-15-30-22/h1-4,6-9,17,22H,5,10-16H2/t22-/m0/s1. The summed E-state index contributed by atoms with van der Waals surface area (Å²) in [7, 11) is 0. The summed E-state index contributed by atoms with van der Waals surface area (Å²) in [5, 5.41) is 0.516. The Morgan fingerprint density at radius 1 is 1.10 bits per heavy atom. The van der Waals surface area contributed by atoms with Crippen molar-refractivity contribution < 1.29 is 14.3 Å². The molecule has 1 atom stereocenters. The van der Waals surface area contributed by atoms with Crippen LogP contribution in [0, 0.1) is 0 Å². The van der Waals surface area contributed by atoms with Crippen LogP contribution in [0.5, 0.6) is 5.75 Å². The molecule has 0 N–H and O–H groups in total. The first-order valence-corrected chi connectivity index (χ1v) is 11.3. The Balaban J connectivity index is 1.27. The maximum Gasteiger partial charge on any atom is 0.260 e. The molecule has 0 radical (unpaired) electrons. The number of halogens is 1. The summed E-state index contributed by atoms with van der Waals surface area (Å²) in [6, 6.07) is 15.8. The number of aromatic nitrogens is 2. The smallest absolute Gasteiger partial charge is 0.260 e. The van der Waals surface area contributed by atoms with Gasteiger partial charge < -0.3 is 18.9 Å². The van der Waals surface area contributed by atoms with E-state index in [-0.39, 0.29) is 18.6 Å². The average molecular weight is 440 g/mol. The second kappa shape index (κ2) is 8.89. The number of nitrogens with zero attached hydrogens (tertiary/aromatic N) is 3. The normalized spacial score (nSPS) is 19.8. The molecule has 2 aliphatic heterocycles. The summed E-state index contributed by atoms with van der Waals surface area (Å²) in [6.45, 7) is 2.20. The number of carbonyl (C=O) groups excluding carboxylic acids is 1. The van der Waals surface area contributed by atoms with Crippen molar-refractivity contribution in [2.75, 3.05) is 26.3 Å². The van der Waals surface area contributed by atoms with E-state index in [1.54, 1.807) is 12.1 Å². The molecule has 0 spiro atoms. The number of likely N-dealkylation sites (tertiary alicyclic amines) is 1. The average Bonchev–Trinajstić information content (AvgIpc) is 3.46. The van der Waals surface area contributed by atoms with Crippen LogP contribution in [0.25, 0.3) is 11.0 Å². The molecule has 0 saturated carbocycles. The topological polar surface area (TPSA) is 56.6 Å². The minimum Gasteiger partial charge on any atom is -0.482 e. The molecule has 0 aliphatic carbocycles. The highest BCUT2D eigenvalue weighted by molar-refractivity contribution is 6.32. The molecule has 2 fully saturated rings. The zero-order valence-electron chi connectivity index (χ0n) is 17.4.